The van der Waals surface area contributed by atoms with E-state index < -0.39 is 0 Å². The van der Waals surface area contributed by atoms with E-state index in [-0.39, 0.29) is 17.1 Å². The van der Waals surface area contributed by atoms with E-state index in [2.05, 4.69) is 17.6 Å². The van der Waals surface area contributed by atoms with E-state index in [4.69, 9.17) is 4.74 Å². The maximum Gasteiger partial charge on any atom is 0.255 e. The quantitative estimate of drug-likeness (QED) is 0.607. The van der Waals surface area contributed by atoms with Crippen molar-refractivity contribution in [2.24, 2.45) is 0 Å². The second-order valence-corrected chi connectivity index (χ2v) is 7.56. The van der Waals surface area contributed by atoms with Crippen LogP contribution in [0.3, 0.4) is 0 Å². The van der Waals surface area contributed by atoms with Gasteiger partial charge in [-0.05, 0) is 67.6 Å². The van der Waals surface area contributed by atoms with Crippen LogP contribution in [0.25, 0.3) is 0 Å². The number of ether oxygens (including phenoxy) is 1. The third kappa shape index (κ3) is 6.64. The highest BCUT2D eigenvalue weighted by Gasteiger charge is 2.13. The van der Waals surface area contributed by atoms with Gasteiger partial charge in [0.2, 0.25) is 5.91 Å². The van der Waals surface area contributed by atoms with Gasteiger partial charge in [-0.1, -0.05) is 13.3 Å². The molecule has 0 aliphatic carbocycles. The van der Waals surface area contributed by atoms with Gasteiger partial charge in [0, 0.05) is 16.9 Å². The fourth-order valence-corrected chi connectivity index (χ4v) is 3.33. The molecule has 2 aromatic rings. The number of carbonyl (C=O) groups is 2. The van der Waals surface area contributed by atoms with E-state index in [9.17, 15) is 9.59 Å². The zero-order chi connectivity index (χ0) is 19.6. The predicted molar refractivity (Wildman–Crippen MR) is 113 cm³/mol. The fourth-order valence-electron chi connectivity index (χ4n) is 2.31. The summed E-state index contributed by atoms with van der Waals surface area (Å²) in [6, 6.07) is 14.0. The van der Waals surface area contributed by atoms with Crippen molar-refractivity contribution in [3.05, 3.63) is 54.1 Å². The highest BCUT2D eigenvalue weighted by molar-refractivity contribution is 8.00. The van der Waals surface area contributed by atoms with Crippen molar-refractivity contribution in [3.63, 3.8) is 0 Å². The Morgan fingerprint density at radius 3 is 2.19 bits per heavy atom. The molecule has 1 atom stereocenters. The van der Waals surface area contributed by atoms with Gasteiger partial charge in [-0.15, -0.1) is 11.8 Å². The Bertz CT molecular complexity index is 745. The molecule has 0 saturated heterocycles. The Hall–Kier alpha value is -2.47. The lowest BCUT2D eigenvalue weighted by Gasteiger charge is -2.12. The Morgan fingerprint density at radius 2 is 1.59 bits per heavy atom. The first kappa shape index (κ1) is 20.8. The van der Waals surface area contributed by atoms with Crippen LogP contribution in [0.1, 0.15) is 37.0 Å². The lowest BCUT2D eigenvalue weighted by Crippen LogP contribution is -2.22. The number of unbranched alkanes of at least 4 members (excludes halogenated alkanes) is 1. The van der Waals surface area contributed by atoms with Gasteiger partial charge in [0.25, 0.3) is 5.91 Å². The van der Waals surface area contributed by atoms with E-state index in [1.165, 1.54) is 0 Å². The minimum Gasteiger partial charge on any atom is -0.497 e. The molecular weight excluding hydrogens is 360 g/mol. The molecule has 27 heavy (non-hydrogen) atoms. The predicted octanol–water partition coefficient (Wildman–Crippen LogP) is 4.81. The maximum atomic E-state index is 12.3. The zero-order valence-corrected chi connectivity index (χ0v) is 16.8. The van der Waals surface area contributed by atoms with Crippen LogP contribution in [0.4, 0.5) is 11.4 Å². The molecule has 2 N–H and O–H groups in total. The standard InChI is InChI=1S/C21H26N2O3S/c1-4-5-14-27-15(2)20(24)22-17-8-6-16(7-9-17)21(25)23-18-10-12-19(26-3)13-11-18/h6-13,15H,4-5,14H2,1-3H3,(H,22,24)(H,23,25). The van der Waals surface area contributed by atoms with Crippen LogP contribution in [0.2, 0.25) is 0 Å². The van der Waals surface area contributed by atoms with Crippen LogP contribution in [0.5, 0.6) is 5.75 Å². The lowest BCUT2D eigenvalue weighted by atomic mass is 10.2. The number of benzene rings is 2. The molecule has 0 aromatic heterocycles. The third-order valence-electron chi connectivity index (χ3n) is 4.00. The normalized spacial score (nSPS) is 11.5. The molecule has 0 fully saturated rings. The maximum absolute atomic E-state index is 12.3. The highest BCUT2D eigenvalue weighted by atomic mass is 32.2. The van der Waals surface area contributed by atoms with Crippen LogP contribution in [0.15, 0.2) is 48.5 Å². The molecule has 5 nitrogen and oxygen atoms in total. The largest absolute Gasteiger partial charge is 0.497 e. The van der Waals surface area contributed by atoms with E-state index in [1.807, 2.05) is 6.92 Å². The van der Waals surface area contributed by atoms with E-state index in [0.29, 0.717) is 16.9 Å². The van der Waals surface area contributed by atoms with Crippen LogP contribution in [0, 0.1) is 0 Å². The Labute approximate surface area is 164 Å². The number of thioether (sulfide) groups is 1. The minimum atomic E-state index is -0.207. The van der Waals surface area contributed by atoms with Crippen molar-refractivity contribution in [1.29, 1.82) is 0 Å². The molecule has 2 aromatic carbocycles. The molecule has 0 bridgehead atoms. The molecule has 0 aliphatic heterocycles. The van der Waals surface area contributed by atoms with Gasteiger partial charge in [-0.3, -0.25) is 9.59 Å². The second kappa shape index (κ2) is 10.6. The van der Waals surface area contributed by atoms with Gasteiger partial charge in [-0.25, -0.2) is 0 Å². The van der Waals surface area contributed by atoms with E-state index in [1.54, 1.807) is 67.4 Å². The number of nitrogens with one attached hydrogen (secondary N) is 2. The average molecular weight is 387 g/mol. The summed E-state index contributed by atoms with van der Waals surface area (Å²) in [6.45, 7) is 4.05. The molecular formula is C21H26N2O3S. The second-order valence-electron chi connectivity index (χ2n) is 6.12. The van der Waals surface area contributed by atoms with Crippen LogP contribution in [-0.4, -0.2) is 29.9 Å². The summed E-state index contributed by atoms with van der Waals surface area (Å²) >= 11 is 1.66. The monoisotopic (exact) mass is 386 g/mol. The average Bonchev–Trinajstić information content (AvgIpc) is 2.69. The van der Waals surface area contributed by atoms with Crippen LogP contribution in [-0.2, 0) is 4.79 Å². The molecule has 0 saturated carbocycles. The summed E-state index contributed by atoms with van der Waals surface area (Å²) in [5, 5.41) is 5.62. The Balaban J connectivity index is 1.89. The number of carbonyl (C=O) groups excluding carboxylic acids is 2. The summed E-state index contributed by atoms with van der Waals surface area (Å²) in [4.78, 5) is 24.5. The zero-order valence-electron chi connectivity index (χ0n) is 16.0. The topological polar surface area (TPSA) is 67.4 Å². The van der Waals surface area contributed by atoms with Crippen molar-refractivity contribution in [2.45, 2.75) is 31.9 Å². The van der Waals surface area contributed by atoms with Crippen molar-refractivity contribution >= 4 is 35.0 Å². The van der Waals surface area contributed by atoms with Crippen molar-refractivity contribution in [2.75, 3.05) is 23.5 Å². The summed E-state index contributed by atoms with van der Waals surface area (Å²) in [5.41, 5.74) is 1.90. The van der Waals surface area contributed by atoms with Crippen LogP contribution < -0.4 is 15.4 Å². The molecule has 0 spiro atoms. The van der Waals surface area contributed by atoms with Gasteiger partial charge in [0.1, 0.15) is 5.75 Å². The summed E-state index contributed by atoms with van der Waals surface area (Å²) in [5.74, 6) is 1.48. The number of hydrogen-bond acceptors (Lipinski definition) is 4. The van der Waals surface area contributed by atoms with Gasteiger partial charge in [0.15, 0.2) is 0 Å². The van der Waals surface area contributed by atoms with Crippen LogP contribution >= 0.6 is 11.8 Å². The molecule has 2 amide bonds. The molecule has 0 radical (unpaired) electrons. The van der Waals surface area contributed by atoms with Gasteiger partial charge in [-0.2, -0.15) is 0 Å². The van der Waals surface area contributed by atoms with Crippen molar-refractivity contribution < 1.29 is 14.3 Å². The molecule has 144 valence electrons. The number of rotatable bonds is 9. The molecule has 6 heteroatoms. The summed E-state index contributed by atoms with van der Waals surface area (Å²) in [7, 11) is 1.60. The summed E-state index contributed by atoms with van der Waals surface area (Å²) < 4.78 is 5.10. The number of anilines is 2. The minimum absolute atomic E-state index is 0.0217. The first-order valence-electron chi connectivity index (χ1n) is 9.01. The molecule has 1 unspecified atom stereocenters. The Morgan fingerprint density at radius 1 is 1.00 bits per heavy atom. The smallest absolute Gasteiger partial charge is 0.255 e. The SMILES string of the molecule is CCCCSC(C)C(=O)Nc1ccc(C(=O)Nc2ccc(OC)cc2)cc1. The van der Waals surface area contributed by atoms with Crippen molar-refractivity contribution in [1.82, 2.24) is 0 Å². The lowest BCUT2D eigenvalue weighted by molar-refractivity contribution is -0.115. The molecule has 2 rings (SSSR count). The Kier molecular flexibility index (Phi) is 8.20. The first-order valence-corrected chi connectivity index (χ1v) is 10.1. The first-order chi connectivity index (χ1) is 13.0. The molecule has 0 aliphatic rings. The number of hydrogen-bond donors (Lipinski definition) is 2. The number of amides is 2. The third-order valence-corrected chi connectivity index (χ3v) is 5.24. The van der Waals surface area contributed by atoms with Crippen molar-refractivity contribution in [3.8, 4) is 5.75 Å². The fraction of sp³-hybridized carbons (Fsp3) is 0.333. The van der Waals surface area contributed by atoms with E-state index in [0.717, 1.165) is 24.3 Å². The van der Waals surface area contributed by atoms with E-state index >= 15 is 0 Å². The van der Waals surface area contributed by atoms with Gasteiger partial charge in [0.05, 0.1) is 12.4 Å². The number of methoxy groups -OCH3 is 1. The van der Waals surface area contributed by atoms with Gasteiger partial charge >= 0.3 is 0 Å². The molecule has 0 heterocycles. The van der Waals surface area contributed by atoms with Gasteiger partial charge < -0.3 is 15.4 Å². The highest BCUT2D eigenvalue weighted by Crippen LogP contribution is 2.18. The summed E-state index contributed by atoms with van der Waals surface area (Å²) in [6.07, 6.45) is 2.24.